The molecule has 0 aliphatic rings. The van der Waals surface area contributed by atoms with Gasteiger partial charge in [0.2, 0.25) is 0 Å². The third kappa shape index (κ3) is 5.61. The molecule has 0 fully saturated rings. The van der Waals surface area contributed by atoms with Crippen molar-refractivity contribution < 1.29 is 19.1 Å². The van der Waals surface area contributed by atoms with Crippen LogP contribution in [-0.4, -0.2) is 25.7 Å². The van der Waals surface area contributed by atoms with E-state index in [1.807, 2.05) is 42.5 Å². The average Bonchev–Trinajstić information content (AvgIpc) is 2.64. The maximum atomic E-state index is 11.6. The van der Waals surface area contributed by atoms with E-state index in [-0.39, 0.29) is 12.6 Å². The summed E-state index contributed by atoms with van der Waals surface area (Å²) in [4.78, 5) is 23.0. The predicted molar refractivity (Wildman–Crippen MR) is 91.4 cm³/mol. The van der Waals surface area contributed by atoms with Crippen LogP contribution in [0.15, 0.2) is 60.7 Å². The lowest BCUT2D eigenvalue weighted by molar-refractivity contribution is 0.0600. The third-order valence-corrected chi connectivity index (χ3v) is 3.20. The van der Waals surface area contributed by atoms with E-state index in [1.165, 1.54) is 7.11 Å². The zero-order valence-electron chi connectivity index (χ0n) is 13.4. The van der Waals surface area contributed by atoms with Crippen molar-refractivity contribution in [2.24, 2.45) is 0 Å². The lowest BCUT2D eigenvalue weighted by Crippen LogP contribution is -2.24. The molecule has 0 radical (unpaired) electrons. The number of carbonyl (C=O) groups excluding carboxylic acids is 2. The molecule has 5 heteroatoms. The summed E-state index contributed by atoms with van der Waals surface area (Å²) in [7, 11) is 1.34. The van der Waals surface area contributed by atoms with Crippen LogP contribution < -0.4 is 5.32 Å². The van der Waals surface area contributed by atoms with Crippen LogP contribution in [0.4, 0.5) is 4.79 Å². The first-order valence-corrected chi connectivity index (χ1v) is 7.48. The second kappa shape index (κ2) is 9.15. The van der Waals surface area contributed by atoms with Gasteiger partial charge in [-0.15, -0.1) is 0 Å². The molecule has 2 aromatic rings. The molecule has 1 N–H and O–H groups in total. The van der Waals surface area contributed by atoms with Gasteiger partial charge in [-0.2, -0.15) is 0 Å². The molecule has 0 aromatic heterocycles. The Bertz CT molecular complexity index is 710. The Labute approximate surface area is 140 Å². The van der Waals surface area contributed by atoms with Crippen LogP contribution in [0.1, 0.15) is 21.5 Å². The SMILES string of the molecule is COC(=O)c1cccc(C=CCNC(=O)OCc2ccccc2)c1. The van der Waals surface area contributed by atoms with E-state index in [2.05, 4.69) is 10.1 Å². The molecule has 24 heavy (non-hydrogen) atoms. The molecule has 2 aromatic carbocycles. The molecule has 0 unspecified atom stereocenters. The molecular formula is C19H19NO4. The Morgan fingerprint density at radius 1 is 1.08 bits per heavy atom. The van der Waals surface area contributed by atoms with E-state index in [0.29, 0.717) is 12.1 Å². The average molecular weight is 325 g/mol. The lowest BCUT2D eigenvalue weighted by Gasteiger charge is -2.05. The van der Waals surface area contributed by atoms with Crippen LogP contribution >= 0.6 is 0 Å². The van der Waals surface area contributed by atoms with Crippen LogP contribution in [0.25, 0.3) is 6.08 Å². The number of nitrogens with one attached hydrogen (secondary N) is 1. The Hall–Kier alpha value is -3.08. The van der Waals surface area contributed by atoms with Crippen molar-refractivity contribution >= 4 is 18.1 Å². The smallest absolute Gasteiger partial charge is 0.407 e. The molecule has 1 amide bonds. The summed E-state index contributed by atoms with van der Waals surface area (Å²) in [6.45, 7) is 0.563. The zero-order chi connectivity index (χ0) is 17.2. The van der Waals surface area contributed by atoms with Crippen molar-refractivity contribution in [3.63, 3.8) is 0 Å². The van der Waals surface area contributed by atoms with Gasteiger partial charge in [0.25, 0.3) is 0 Å². The summed E-state index contributed by atoms with van der Waals surface area (Å²) in [5.41, 5.74) is 2.26. The molecule has 5 nitrogen and oxygen atoms in total. The first-order valence-electron chi connectivity index (χ1n) is 7.48. The Kier molecular flexibility index (Phi) is 6.58. The standard InChI is InChI=1S/C19H19NO4/c1-23-18(21)17-11-5-9-15(13-17)10-6-12-20-19(22)24-14-16-7-3-2-4-8-16/h2-11,13H,12,14H2,1H3,(H,20,22). The molecule has 124 valence electrons. The largest absolute Gasteiger partial charge is 0.465 e. The quantitative estimate of drug-likeness (QED) is 0.827. The van der Waals surface area contributed by atoms with Crippen molar-refractivity contribution in [2.45, 2.75) is 6.61 Å². The second-order valence-corrected chi connectivity index (χ2v) is 4.96. The number of benzene rings is 2. The fourth-order valence-electron chi connectivity index (χ4n) is 2.00. The molecule has 0 saturated carbocycles. The fourth-order valence-corrected chi connectivity index (χ4v) is 2.00. The summed E-state index contributed by atoms with van der Waals surface area (Å²) in [6.07, 6.45) is 3.11. The number of ether oxygens (including phenoxy) is 2. The number of alkyl carbamates (subject to hydrolysis) is 1. The van der Waals surface area contributed by atoms with Gasteiger partial charge >= 0.3 is 12.1 Å². The lowest BCUT2D eigenvalue weighted by atomic mass is 10.1. The number of hydrogen-bond acceptors (Lipinski definition) is 4. The highest BCUT2D eigenvalue weighted by Crippen LogP contribution is 2.08. The van der Waals surface area contributed by atoms with Crippen molar-refractivity contribution in [3.8, 4) is 0 Å². The van der Waals surface area contributed by atoms with E-state index in [1.54, 1.807) is 24.3 Å². The molecular weight excluding hydrogens is 306 g/mol. The molecule has 0 aliphatic carbocycles. The van der Waals surface area contributed by atoms with Gasteiger partial charge in [0.1, 0.15) is 6.61 Å². The summed E-state index contributed by atoms with van der Waals surface area (Å²) >= 11 is 0. The van der Waals surface area contributed by atoms with Gasteiger partial charge in [0.05, 0.1) is 12.7 Å². The minimum absolute atomic E-state index is 0.234. The maximum Gasteiger partial charge on any atom is 0.407 e. The van der Waals surface area contributed by atoms with Crippen LogP contribution in [0.3, 0.4) is 0 Å². The molecule has 0 saturated heterocycles. The predicted octanol–water partition coefficient (Wildman–Crippen LogP) is 3.41. The van der Waals surface area contributed by atoms with Crippen molar-refractivity contribution in [2.75, 3.05) is 13.7 Å². The summed E-state index contributed by atoms with van der Waals surface area (Å²) in [5, 5.41) is 2.63. The first kappa shape index (κ1) is 17.3. The monoisotopic (exact) mass is 325 g/mol. The van der Waals surface area contributed by atoms with Gasteiger partial charge in [0.15, 0.2) is 0 Å². The van der Waals surface area contributed by atoms with Crippen molar-refractivity contribution in [3.05, 3.63) is 77.4 Å². The van der Waals surface area contributed by atoms with Gasteiger partial charge in [-0.05, 0) is 23.3 Å². The molecule has 0 aliphatic heterocycles. The van der Waals surface area contributed by atoms with E-state index in [9.17, 15) is 9.59 Å². The maximum absolute atomic E-state index is 11.6. The van der Waals surface area contributed by atoms with Gasteiger partial charge < -0.3 is 14.8 Å². The zero-order valence-corrected chi connectivity index (χ0v) is 13.4. The number of amides is 1. The number of rotatable bonds is 6. The van der Waals surface area contributed by atoms with E-state index >= 15 is 0 Å². The van der Waals surface area contributed by atoms with Gasteiger partial charge in [-0.3, -0.25) is 0 Å². The Morgan fingerprint density at radius 3 is 2.62 bits per heavy atom. The van der Waals surface area contributed by atoms with E-state index in [4.69, 9.17) is 4.74 Å². The van der Waals surface area contributed by atoms with Gasteiger partial charge in [-0.1, -0.05) is 54.6 Å². The second-order valence-electron chi connectivity index (χ2n) is 4.96. The highest BCUT2D eigenvalue weighted by molar-refractivity contribution is 5.90. The topological polar surface area (TPSA) is 64.6 Å². The van der Waals surface area contributed by atoms with Crippen LogP contribution in [0.2, 0.25) is 0 Å². The first-order chi connectivity index (χ1) is 11.7. The van der Waals surface area contributed by atoms with Gasteiger partial charge in [0, 0.05) is 6.54 Å². The molecule has 0 heterocycles. The summed E-state index contributed by atoms with van der Waals surface area (Å²) in [6, 6.07) is 16.5. The highest BCUT2D eigenvalue weighted by atomic mass is 16.5. The number of methoxy groups -OCH3 is 1. The van der Waals surface area contributed by atoms with E-state index < -0.39 is 6.09 Å². The highest BCUT2D eigenvalue weighted by Gasteiger charge is 2.04. The van der Waals surface area contributed by atoms with Crippen LogP contribution in [-0.2, 0) is 16.1 Å². The number of esters is 1. The minimum atomic E-state index is -0.480. The third-order valence-electron chi connectivity index (χ3n) is 3.20. The van der Waals surface area contributed by atoms with Crippen molar-refractivity contribution in [1.29, 1.82) is 0 Å². The number of hydrogen-bond donors (Lipinski definition) is 1. The number of carbonyl (C=O) groups is 2. The molecule has 2 rings (SSSR count). The molecule has 0 atom stereocenters. The summed E-state index contributed by atoms with van der Waals surface area (Å²) in [5.74, 6) is -0.382. The van der Waals surface area contributed by atoms with Crippen molar-refractivity contribution in [1.82, 2.24) is 5.32 Å². The normalized spacial score (nSPS) is 10.4. The van der Waals surface area contributed by atoms with Crippen LogP contribution in [0.5, 0.6) is 0 Å². The molecule has 0 bridgehead atoms. The van der Waals surface area contributed by atoms with Gasteiger partial charge in [-0.25, -0.2) is 9.59 Å². The van der Waals surface area contributed by atoms with Crippen LogP contribution in [0, 0.1) is 0 Å². The Morgan fingerprint density at radius 2 is 1.88 bits per heavy atom. The summed E-state index contributed by atoms with van der Waals surface area (Å²) < 4.78 is 9.78. The molecule has 0 spiro atoms. The van der Waals surface area contributed by atoms with E-state index in [0.717, 1.165) is 11.1 Å². The minimum Gasteiger partial charge on any atom is -0.465 e. The fraction of sp³-hybridized carbons (Fsp3) is 0.158. The Balaban J connectivity index is 1.76.